The van der Waals surface area contributed by atoms with Crippen molar-refractivity contribution in [3.8, 4) is 5.75 Å². The second-order valence-electron chi connectivity index (χ2n) is 5.83. The Balaban J connectivity index is 1.79. The molecule has 0 spiro atoms. The van der Waals surface area contributed by atoms with Crippen molar-refractivity contribution >= 4 is 64.5 Å². The van der Waals surface area contributed by atoms with E-state index < -0.39 is 5.97 Å². The highest BCUT2D eigenvalue weighted by molar-refractivity contribution is 9.11. The third-order valence-electron chi connectivity index (χ3n) is 4.00. The van der Waals surface area contributed by atoms with Gasteiger partial charge in [-0.1, -0.05) is 36.4 Å². The quantitative estimate of drug-likeness (QED) is 0.376. The number of aliphatic carboxylic acids is 1. The normalized spacial score (nSPS) is 10.9. The van der Waals surface area contributed by atoms with E-state index in [2.05, 4.69) is 72.1 Å². The Bertz CT molecular complexity index is 947. The van der Waals surface area contributed by atoms with Crippen LogP contribution in [-0.2, 0) is 17.8 Å². The highest BCUT2D eigenvalue weighted by atomic mass is 79.9. The van der Waals surface area contributed by atoms with Crippen LogP contribution in [0.15, 0.2) is 61.9 Å². The minimum Gasteiger partial charge on any atom is -0.486 e. The van der Waals surface area contributed by atoms with Crippen LogP contribution in [0.3, 0.4) is 0 Å². The molecule has 0 heterocycles. The first-order chi connectivity index (χ1) is 12.5. The Morgan fingerprint density at radius 2 is 1.69 bits per heavy atom. The number of carboxylic acids is 1. The molecule has 0 saturated heterocycles. The lowest BCUT2D eigenvalue weighted by Gasteiger charge is -2.14. The van der Waals surface area contributed by atoms with Crippen LogP contribution in [0.4, 0.5) is 0 Å². The van der Waals surface area contributed by atoms with Crippen LogP contribution in [0, 0.1) is 0 Å². The fourth-order valence-corrected chi connectivity index (χ4v) is 4.80. The van der Waals surface area contributed by atoms with E-state index in [1.54, 1.807) is 0 Å². The molecule has 0 atom stereocenters. The fraction of sp³-hybridized carbons (Fsp3) is 0.150. The molecule has 3 rings (SSSR count). The van der Waals surface area contributed by atoms with Gasteiger partial charge in [0.25, 0.3) is 0 Å². The van der Waals surface area contributed by atoms with E-state index in [0.717, 1.165) is 29.9 Å². The SMILES string of the molecule is O=C(O)CCc1cc(Br)c(OCc2ccc3ccccc3c2Br)c(Br)c1. The predicted molar refractivity (Wildman–Crippen MR) is 114 cm³/mol. The maximum atomic E-state index is 10.7. The smallest absolute Gasteiger partial charge is 0.303 e. The van der Waals surface area contributed by atoms with Crippen molar-refractivity contribution in [2.75, 3.05) is 0 Å². The zero-order valence-corrected chi connectivity index (χ0v) is 18.4. The van der Waals surface area contributed by atoms with Crippen LogP contribution in [0.2, 0.25) is 0 Å². The number of hydrogen-bond acceptors (Lipinski definition) is 2. The van der Waals surface area contributed by atoms with E-state index in [1.165, 1.54) is 5.39 Å². The second kappa shape index (κ2) is 8.55. The van der Waals surface area contributed by atoms with Crippen LogP contribution in [0.25, 0.3) is 10.8 Å². The van der Waals surface area contributed by atoms with Gasteiger partial charge in [0.15, 0.2) is 0 Å². The van der Waals surface area contributed by atoms with E-state index in [0.29, 0.717) is 18.8 Å². The average molecular weight is 543 g/mol. The highest BCUT2D eigenvalue weighted by Crippen LogP contribution is 2.36. The van der Waals surface area contributed by atoms with Gasteiger partial charge >= 0.3 is 5.97 Å². The first kappa shape index (κ1) is 19.4. The number of rotatable bonds is 6. The molecule has 134 valence electrons. The van der Waals surface area contributed by atoms with Crippen LogP contribution in [0.5, 0.6) is 5.75 Å². The summed E-state index contributed by atoms with van der Waals surface area (Å²) in [6.07, 6.45) is 0.576. The van der Waals surface area contributed by atoms with Gasteiger partial charge in [0.05, 0.1) is 8.95 Å². The Hall–Kier alpha value is -1.37. The molecule has 3 aromatic rings. The minimum atomic E-state index is -0.807. The van der Waals surface area contributed by atoms with Crippen LogP contribution >= 0.6 is 47.8 Å². The van der Waals surface area contributed by atoms with Crippen LogP contribution < -0.4 is 4.74 Å². The largest absolute Gasteiger partial charge is 0.486 e. The van der Waals surface area contributed by atoms with E-state index in [9.17, 15) is 4.79 Å². The van der Waals surface area contributed by atoms with Gasteiger partial charge in [0.1, 0.15) is 12.4 Å². The van der Waals surface area contributed by atoms with Crippen LogP contribution in [0.1, 0.15) is 17.5 Å². The average Bonchev–Trinajstić information content (AvgIpc) is 2.61. The van der Waals surface area contributed by atoms with Gasteiger partial charge in [0.2, 0.25) is 0 Å². The standard InChI is InChI=1S/C20H15Br3O3/c21-16-9-12(5-8-18(24)25)10-17(22)20(16)26-11-14-7-6-13-3-1-2-4-15(13)19(14)23/h1-4,6-7,9-10H,5,8,11H2,(H,24,25). The van der Waals surface area contributed by atoms with Crippen molar-refractivity contribution in [2.24, 2.45) is 0 Å². The molecule has 0 aliphatic rings. The molecule has 6 heteroatoms. The van der Waals surface area contributed by atoms with Gasteiger partial charge in [-0.2, -0.15) is 0 Å². The summed E-state index contributed by atoms with van der Waals surface area (Å²) in [5.41, 5.74) is 1.99. The summed E-state index contributed by atoms with van der Waals surface area (Å²) in [6.45, 7) is 0.414. The lowest BCUT2D eigenvalue weighted by molar-refractivity contribution is -0.136. The summed E-state index contributed by atoms with van der Waals surface area (Å²) in [7, 11) is 0. The molecule has 0 aliphatic carbocycles. The van der Waals surface area contributed by atoms with Gasteiger partial charge in [-0.15, -0.1) is 0 Å². The molecule has 0 saturated carbocycles. The Morgan fingerprint density at radius 3 is 2.38 bits per heavy atom. The summed E-state index contributed by atoms with van der Waals surface area (Å²) in [6, 6.07) is 16.1. The monoisotopic (exact) mass is 540 g/mol. The van der Waals surface area contributed by atoms with Crippen molar-refractivity contribution in [3.63, 3.8) is 0 Å². The third-order valence-corrected chi connectivity index (χ3v) is 6.12. The predicted octanol–water partition coefficient (Wildman–Crippen LogP) is 6.72. The molecule has 0 fully saturated rings. The van der Waals surface area contributed by atoms with Gasteiger partial charge in [-0.3, -0.25) is 4.79 Å². The summed E-state index contributed by atoms with van der Waals surface area (Å²) in [5.74, 6) is -0.108. The molecule has 0 amide bonds. The Labute approximate surface area is 176 Å². The van der Waals surface area contributed by atoms with Crippen LogP contribution in [-0.4, -0.2) is 11.1 Å². The maximum absolute atomic E-state index is 10.7. The number of carbonyl (C=O) groups is 1. The number of carboxylic acid groups (broad SMARTS) is 1. The molecule has 0 unspecified atom stereocenters. The van der Waals surface area contributed by atoms with Gasteiger partial charge < -0.3 is 9.84 Å². The second-order valence-corrected chi connectivity index (χ2v) is 8.33. The molecule has 0 radical (unpaired) electrons. The molecule has 26 heavy (non-hydrogen) atoms. The Morgan fingerprint density at radius 1 is 1.00 bits per heavy atom. The number of fused-ring (bicyclic) bond motifs is 1. The molecular formula is C20H15Br3O3. The number of halogens is 3. The Kier molecular flexibility index (Phi) is 6.37. The molecular weight excluding hydrogens is 528 g/mol. The summed E-state index contributed by atoms with van der Waals surface area (Å²) in [5, 5.41) is 11.2. The number of hydrogen-bond donors (Lipinski definition) is 1. The van der Waals surface area contributed by atoms with Gasteiger partial charge in [-0.05, 0) is 82.7 Å². The first-order valence-corrected chi connectivity index (χ1v) is 10.3. The van der Waals surface area contributed by atoms with Crippen molar-refractivity contribution in [1.82, 2.24) is 0 Å². The van der Waals surface area contributed by atoms with E-state index in [4.69, 9.17) is 9.84 Å². The number of aryl methyl sites for hydroxylation is 1. The molecule has 3 aromatic carbocycles. The van der Waals surface area contributed by atoms with Crippen molar-refractivity contribution in [1.29, 1.82) is 0 Å². The van der Waals surface area contributed by atoms with E-state index in [1.807, 2.05) is 24.3 Å². The maximum Gasteiger partial charge on any atom is 0.303 e. The first-order valence-electron chi connectivity index (χ1n) is 7.94. The number of benzene rings is 3. The van der Waals surface area contributed by atoms with Crippen molar-refractivity contribution in [2.45, 2.75) is 19.4 Å². The zero-order chi connectivity index (χ0) is 18.7. The molecule has 0 bridgehead atoms. The lowest BCUT2D eigenvalue weighted by Crippen LogP contribution is -2.00. The topological polar surface area (TPSA) is 46.5 Å². The molecule has 0 aromatic heterocycles. The summed E-state index contributed by atoms with van der Waals surface area (Å²) in [4.78, 5) is 10.7. The van der Waals surface area contributed by atoms with Crippen molar-refractivity contribution in [3.05, 3.63) is 73.1 Å². The zero-order valence-electron chi connectivity index (χ0n) is 13.6. The fourth-order valence-electron chi connectivity index (χ4n) is 2.69. The summed E-state index contributed by atoms with van der Waals surface area (Å²) < 4.78 is 8.64. The lowest BCUT2D eigenvalue weighted by atomic mass is 10.1. The third kappa shape index (κ3) is 4.48. The van der Waals surface area contributed by atoms with E-state index >= 15 is 0 Å². The van der Waals surface area contributed by atoms with Crippen molar-refractivity contribution < 1.29 is 14.6 Å². The van der Waals surface area contributed by atoms with Gasteiger partial charge in [-0.25, -0.2) is 0 Å². The number of ether oxygens (including phenoxy) is 1. The summed E-state index contributed by atoms with van der Waals surface area (Å²) >= 11 is 10.7. The highest BCUT2D eigenvalue weighted by Gasteiger charge is 2.12. The van der Waals surface area contributed by atoms with Gasteiger partial charge in [0, 0.05) is 16.5 Å². The molecule has 0 aliphatic heterocycles. The molecule has 1 N–H and O–H groups in total. The van der Waals surface area contributed by atoms with E-state index in [-0.39, 0.29) is 6.42 Å². The minimum absolute atomic E-state index is 0.100. The molecule has 3 nitrogen and oxygen atoms in total.